The second-order valence-electron chi connectivity index (χ2n) is 6.85. The van der Waals surface area contributed by atoms with Crippen molar-refractivity contribution in [3.63, 3.8) is 0 Å². The summed E-state index contributed by atoms with van der Waals surface area (Å²) < 4.78 is 39.4. The van der Waals surface area contributed by atoms with Crippen molar-refractivity contribution >= 4 is 11.6 Å². The number of carbonyl (C=O) groups is 1. The summed E-state index contributed by atoms with van der Waals surface area (Å²) in [5.74, 6) is -2.17. The molecule has 1 aliphatic rings. The zero-order valence-corrected chi connectivity index (χ0v) is 14.5. The SMILES string of the molecule is O=C(C1CCCC(C(F)(F)F)C1)N(Cc1ccccc1)c1ccccc1. The highest BCUT2D eigenvalue weighted by molar-refractivity contribution is 5.95. The molecule has 0 aliphatic heterocycles. The van der Waals surface area contributed by atoms with Gasteiger partial charge in [0, 0.05) is 11.6 Å². The average Bonchev–Trinajstić information content (AvgIpc) is 2.66. The Hall–Kier alpha value is -2.30. The van der Waals surface area contributed by atoms with Gasteiger partial charge in [0.2, 0.25) is 5.91 Å². The first-order valence-electron chi connectivity index (χ1n) is 8.92. The zero-order valence-electron chi connectivity index (χ0n) is 14.5. The van der Waals surface area contributed by atoms with Gasteiger partial charge < -0.3 is 4.90 Å². The Morgan fingerprint density at radius 1 is 0.962 bits per heavy atom. The first kappa shape index (κ1) is 18.5. The summed E-state index contributed by atoms with van der Waals surface area (Å²) in [5.41, 5.74) is 1.67. The summed E-state index contributed by atoms with van der Waals surface area (Å²) in [6.45, 7) is 0.358. The lowest BCUT2D eigenvalue weighted by molar-refractivity contribution is -0.186. The van der Waals surface area contributed by atoms with Crippen molar-refractivity contribution in [3.05, 3.63) is 66.2 Å². The lowest BCUT2D eigenvalue weighted by atomic mass is 9.80. The molecule has 0 radical (unpaired) electrons. The van der Waals surface area contributed by atoms with Crippen molar-refractivity contribution in [1.29, 1.82) is 0 Å². The molecule has 0 spiro atoms. The molecule has 2 aromatic rings. The smallest absolute Gasteiger partial charge is 0.308 e. The van der Waals surface area contributed by atoms with Crippen molar-refractivity contribution in [3.8, 4) is 0 Å². The normalized spacial score (nSPS) is 20.6. The number of carbonyl (C=O) groups excluding carboxylic acids is 1. The molecule has 0 N–H and O–H groups in total. The van der Waals surface area contributed by atoms with Crippen molar-refractivity contribution in [1.82, 2.24) is 0 Å². The maximum Gasteiger partial charge on any atom is 0.391 e. The van der Waals surface area contributed by atoms with Crippen LogP contribution >= 0.6 is 0 Å². The summed E-state index contributed by atoms with van der Waals surface area (Å²) in [5, 5.41) is 0. The van der Waals surface area contributed by atoms with Gasteiger partial charge >= 0.3 is 6.18 Å². The number of hydrogen-bond donors (Lipinski definition) is 0. The summed E-state index contributed by atoms with van der Waals surface area (Å²) in [7, 11) is 0. The van der Waals surface area contributed by atoms with E-state index in [1.54, 1.807) is 4.90 Å². The van der Waals surface area contributed by atoms with Crippen LogP contribution in [0.2, 0.25) is 0 Å². The van der Waals surface area contributed by atoms with Crippen molar-refractivity contribution in [2.45, 2.75) is 38.4 Å². The van der Waals surface area contributed by atoms with Gasteiger partial charge in [-0.1, -0.05) is 55.0 Å². The van der Waals surface area contributed by atoms with E-state index in [9.17, 15) is 18.0 Å². The molecule has 138 valence electrons. The van der Waals surface area contributed by atoms with Crippen molar-refractivity contribution < 1.29 is 18.0 Å². The number of anilines is 1. The van der Waals surface area contributed by atoms with E-state index in [0.29, 0.717) is 19.4 Å². The minimum absolute atomic E-state index is 0.111. The molecule has 0 bridgehead atoms. The van der Waals surface area contributed by atoms with Crippen LogP contribution < -0.4 is 4.90 Å². The first-order valence-corrected chi connectivity index (χ1v) is 8.92. The number of rotatable bonds is 4. The molecule has 2 nitrogen and oxygen atoms in total. The van der Waals surface area contributed by atoms with E-state index in [2.05, 4.69) is 0 Å². The predicted octanol–water partition coefficient (Wildman–Crippen LogP) is 5.59. The number of hydrogen-bond acceptors (Lipinski definition) is 1. The summed E-state index contributed by atoms with van der Waals surface area (Å²) in [6, 6.07) is 18.7. The third-order valence-electron chi connectivity index (χ3n) is 5.00. The Bertz CT molecular complexity index is 715. The summed E-state index contributed by atoms with van der Waals surface area (Å²) in [6.07, 6.45) is -3.26. The van der Waals surface area contributed by atoms with E-state index in [0.717, 1.165) is 11.3 Å². The number of alkyl halides is 3. The van der Waals surface area contributed by atoms with E-state index < -0.39 is 18.0 Å². The molecule has 2 unspecified atom stereocenters. The third-order valence-corrected chi connectivity index (χ3v) is 5.00. The molecule has 0 saturated heterocycles. The fraction of sp³-hybridized carbons (Fsp3) is 0.381. The molecule has 26 heavy (non-hydrogen) atoms. The van der Waals surface area contributed by atoms with Crippen LogP contribution in [0.5, 0.6) is 0 Å². The van der Waals surface area contributed by atoms with Gasteiger partial charge in [-0.2, -0.15) is 13.2 Å². The number of nitrogens with zero attached hydrogens (tertiary/aromatic N) is 1. The van der Waals surface area contributed by atoms with Gasteiger partial charge in [0.25, 0.3) is 0 Å². The number of para-hydroxylation sites is 1. The van der Waals surface area contributed by atoms with Crippen LogP contribution in [0.15, 0.2) is 60.7 Å². The van der Waals surface area contributed by atoms with E-state index in [-0.39, 0.29) is 18.7 Å². The van der Waals surface area contributed by atoms with Crippen LogP contribution in [0, 0.1) is 11.8 Å². The average molecular weight is 361 g/mol. The van der Waals surface area contributed by atoms with Crippen LogP contribution in [-0.4, -0.2) is 12.1 Å². The highest BCUT2D eigenvalue weighted by Crippen LogP contribution is 2.41. The molecule has 5 heteroatoms. The summed E-state index contributed by atoms with van der Waals surface area (Å²) in [4.78, 5) is 14.8. The van der Waals surface area contributed by atoms with E-state index in [4.69, 9.17) is 0 Å². The minimum Gasteiger partial charge on any atom is -0.308 e. The molecule has 0 aromatic heterocycles. The molecule has 1 aliphatic carbocycles. The van der Waals surface area contributed by atoms with Crippen LogP contribution in [0.4, 0.5) is 18.9 Å². The van der Waals surface area contributed by atoms with Gasteiger partial charge in [0.05, 0.1) is 12.5 Å². The maximum absolute atomic E-state index is 13.1. The predicted molar refractivity (Wildman–Crippen MR) is 95.6 cm³/mol. The molecule has 1 fully saturated rings. The van der Waals surface area contributed by atoms with E-state index in [1.165, 1.54) is 0 Å². The fourth-order valence-corrected chi connectivity index (χ4v) is 3.60. The first-order chi connectivity index (χ1) is 12.4. The molecular weight excluding hydrogens is 339 g/mol. The molecule has 0 heterocycles. The Kier molecular flexibility index (Phi) is 5.64. The highest BCUT2D eigenvalue weighted by Gasteiger charge is 2.44. The fourth-order valence-electron chi connectivity index (χ4n) is 3.60. The van der Waals surface area contributed by atoms with Crippen molar-refractivity contribution in [2.24, 2.45) is 11.8 Å². The Balaban J connectivity index is 1.83. The molecule has 1 amide bonds. The lowest BCUT2D eigenvalue weighted by Gasteiger charge is -2.33. The minimum atomic E-state index is -4.23. The second-order valence-corrected chi connectivity index (χ2v) is 6.85. The zero-order chi connectivity index (χ0) is 18.6. The molecule has 3 rings (SSSR count). The number of halogens is 3. The highest BCUT2D eigenvalue weighted by atomic mass is 19.4. The molecule has 2 atom stereocenters. The standard InChI is InChI=1S/C21H22F3NO/c22-21(23,24)18-11-7-10-17(14-18)20(26)25(19-12-5-2-6-13-19)15-16-8-3-1-4-9-16/h1-6,8-9,12-13,17-18H,7,10-11,14-15H2. The number of amides is 1. The molecule has 1 saturated carbocycles. The Morgan fingerprint density at radius 2 is 1.58 bits per heavy atom. The number of benzene rings is 2. The molecule has 2 aromatic carbocycles. The van der Waals surface area contributed by atoms with Crippen LogP contribution in [0.25, 0.3) is 0 Å². The van der Waals surface area contributed by atoms with Crippen molar-refractivity contribution in [2.75, 3.05) is 4.90 Å². The quantitative estimate of drug-likeness (QED) is 0.695. The lowest BCUT2D eigenvalue weighted by Crippen LogP contribution is -2.40. The van der Waals surface area contributed by atoms with Gasteiger partial charge in [-0.05, 0) is 37.0 Å². The van der Waals surface area contributed by atoms with Gasteiger partial charge in [-0.3, -0.25) is 4.79 Å². The Morgan fingerprint density at radius 3 is 2.19 bits per heavy atom. The van der Waals surface area contributed by atoms with Crippen LogP contribution in [-0.2, 0) is 11.3 Å². The second kappa shape index (κ2) is 7.94. The van der Waals surface area contributed by atoms with Crippen LogP contribution in [0.3, 0.4) is 0 Å². The monoisotopic (exact) mass is 361 g/mol. The van der Waals surface area contributed by atoms with E-state index in [1.807, 2.05) is 60.7 Å². The Labute approximate surface area is 151 Å². The molecular formula is C21H22F3NO. The largest absolute Gasteiger partial charge is 0.391 e. The van der Waals surface area contributed by atoms with Gasteiger partial charge in [0.1, 0.15) is 0 Å². The maximum atomic E-state index is 13.1. The third kappa shape index (κ3) is 4.45. The van der Waals surface area contributed by atoms with Gasteiger partial charge in [-0.15, -0.1) is 0 Å². The van der Waals surface area contributed by atoms with E-state index >= 15 is 0 Å². The van der Waals surface area contributed by atoms with Crippen LogP contribution in [0.1, 0.15) is 31.2 Å². The van der Waals surface area contributed by atoms with Gasteiger partial charge in [0.15, 0.2) is 0 Å². The topological polar surface area (TPSA) is 20.3 Å². The van der Waals surface area contributed by atoms with Gasteiger partial charge in [-0.25, -0.2) is 0 Å². The summed E-state index contributed by atoms with van der Waals surface area (Å²) >= 11 is 0.